The number of hydrogen-bond acceptors (Lipinski definition) is 2. The minimum Gasteiger partial charge on any atom is -0.384 e. The molecular formula is C14H15NS. The van der Waals surface area contributed by atoms with Crippen molar-refractivity contribution in [2.24, 2.45) is 0 Å². The van der Waals surface area contributed by atoms with Crippen LogP contribution in [0.15, 0.2) is 64.4 Å². The Labute approximate surface area is 101 Å². The molecule has 0 fully saturated rings. The van der Waals surface area contributed by atoms with Crippen molar-refractivity contribution >= 4 is 17.4 Å². The standard InChI is InChI=1S/C14H15NS/c1-2-15-13-10-6-7-11-14(13)16-12-8-4-3-5-9-12/h3-11,15H,2H2,1H3. The second-order valence-electron chi connectivity index (χ2n) is 3.44. The van der Waals surface area contributed by atoms with E-state index in [0.717, 1.165) is 6.54 Å². The van der Waals surface area contributed by atoms with Gasteiger partial charge in [0.05, 0.1) is 0 Å². The van der Waals surface area contributed by atoms with E-state index in [2.05, 4.69) is 60.8 Å². The fourth-order valence-corrected chi connectivity index (χ4v) is 2.45. The Balaban J connectivity index is 2.21. The van der Waals surface area contributed by atoms with Crippen LogP contribution in [0.3, 0.4) is 0 Å². The van der Waals surface area contributed by atoms with Gasteiger partial charge in [0.15, 0.2) is 0 Å². The molecule has 0 aliphatic rings. The third-order valence-electron chi connectivity index (χ3n) is 2.23. The quantitative estimate of drug-likeness (QED) is 0.840. The van der Waals surface area contributed by atoms with Crippen LogP contribution >= 0.6 is 11.8 Å². The molecule has 0 spiro atoms. The number of para-hydroxylation sites is 1. The first-order valence-electron chi connectivity index (χ1n) is 5.46. The van der Waals surface area contributed by atoms with Gasteiger partial charge in [-0.25, -0.2) is 0 Å². The second kappa shape index (κ2) is 5.61. The molecule has 2 rings (SSSR count). The van der Waals surface area contributed by atoms with Crippen LogP contribution in [0.25, 0.3) is 0 Å². The third-order valence-corrected chi connectivity index (χ3v) is 3.31. The Bertz CT molecular complexity index is 439. The first-order valence-corrected chi connectivity index (χ1v) is 6.27. The molecule has 0 unspecified atom stereocenters. The van der Waals surface area contributed by atoms with E-state index >= 15 is 0 Å². The maximum absolute atomic E-state index is 3.38. The largest absolute Gasteiger partial charge is 0.384 e. The van der Waals surface area contributed by atoms with E-state index < -0.39 is 0 Å². The molecule has 1 nitrogen and oxygen atoms in total. The van der Waals surface area contributed by atoms with E-state index in [9.17, 15) is 0 Å². The van der Waals surface area contributed by atoms with Crippen molar-refractivity contribution < 1.29 is 0 Å². The number of nitrogens with one attached hydrogen (secondary N) is 1. The maximum atomic E-state index is 3.38. The first-order chi connectivity index (χ1) is 7.90. The molecule has 16 heavy (non-hydrogen) atoms. The molecule has 0 saturated heterocycles. The van der Waals surface area contributed by atoms with Gasteiger partial charge < -0.3 is 5.32 Å². The smallest absolute Gasteiger partial charge is 0.0481 e. The fourth-order valence-electron chi connectivity index (χ4n) is 1.51. The minimum atomic E-state index is 0.951. The summed E-state index contributed by atoms with van der Waals surface area (Å²) < 4.78 is 0. The average molecular weight is 229 g/mol. The summed E-state index contributed by atoms with van der Waals surface area (Å²) in [4.78, 5) is 2.54. The van der Waals surface area contributed by atoms with Crippen LogP contribution in [0.4, 0.5) is 5.69 Å². The molecule has 1 N–H and O–H groups in total. The molecular weight excluding hydrogens is 214 g/mol. The molecule has 82 valence electrons. The van der Waals surface area contributed by atoms with Crippen LogP contribution in [-0.4, -0.2) is 6.54 Å². The second-order valence-corrected chi connectivity index (χ2v) is 4.56. The van der Waals surface area contributed by atoms with Gasteiger partial charge in [0.25, 0.3) is 0 Å². The molecule has 2 aromatic carbocycles. The summed E-state index contributed by atoms with van der Waals surface area (Å²) in [6.45, 7) is 3.07. The Kier molecular flexibility index (Phi) is 3.89. The van der Waals surface area contributed by atoms with Gasteiger partial charge in [0.2, 0.25) is 0 Å². The average Bonchev–Trinajstić information content (AvgIpc) is 2.33. The van der Waals surface area contributed by atoms with Gasteiger partial charge in [-0.15, -0.1) is 0 Å². The van der Waals surface area contributed by atoms with Crippen molar-refractivity contribution in [1.82, 2.24) is 0 Å². The van der Waals surface area contributed by atoms with Crippen LogP contribution in [0, 0.1) is 0 Å². The van der Waals surface area contributed by atoms with Gasteiger partial charge in [-0.05, 0) is 31.2 Å². The lowest BCUT2D eigenvalue weighted by molar-refractivity contribution is 1.19. The summed E-state index contributed by atoms with van der Waals surface area (Å²) in [5.41, 5.74) is 1.21. The van der Waals surface area contributed by atoms with Crippen molar-refractivity contribution in [2.75, 3.05) is 11.9 Å². The van der Waals surface area contributed by atoms with Crippen molar-refractivity contribution in [3.05, 3.63) is 54.6 Å². The topological polar surface area (TPSA) is 12.0 Å². The van der Waals surface area contributed by atoms with Gasteiger partial charge in [-0.3, -0.25) is 0 Å². The predicted octanol–water partition coefficient (Wildman–Crippen LogP) is 4.27. The molecule has 0 heterocycles. The fraction of sp³-hybridized carbons (Fsp3) is 0.143. The van der Waals surface area contributed by atoms with Crippen LogP contribution in [0.2, 0.25) is 0 Å². The Morgan fingerprint density at radius 2 is 1.62 bits per heavy atom. The predicted molar refractivity (Wildman–Crippen MR) is 71.2 cm³/mol. The van der Waals surface area contributed by atoms with E-state index in [1.54, 1.807) is 11.8 Å². The van der Waals surface area contributed by atoms with Gasteiger partial charge >= 0.3 is 0 Å². The van der Waals surface area contributed by atoms with Crippen LogP contribution < -0.4 is 5.32 Å². The molecule has 2 aromatic rings. The summed E-state index contributed by atoms with van der Waals surface area (Å²) in [5, 5.41) is 3.38. The first kappa shape index (κ1) is 11.1. The minimum absolute atomic E-state index is 0.951. The summed E-state index contributed by atoms with van der Waals surface area (Å²) in [5.74, 6) is 0. The molecule has 0 amide bonds. The van der Waals surface area contributed by atoms with Crippen molar-refractivity contribution in [3.63, 3.8) is 0 Å². The summed E-state index contributed by atoms with van der Waals surface area (Å²) in [6.07, 6.45) is 0. The zero-order valence-electron chi connectivity index (χ0n) is 9.31. The highest BCUT2D eigenvalue weighted by atomic mass is 32.2. The summed E-state index contributed by atoms with van der Waals surface area (Å²) in [6, 6.07) is 18.8. The highest BCUT2D eigenvalue weighted by Gasteiger charge is 2.01. The van der Waals surface area contributed by atoms with Crippen LogP contribution in [0.1, 0.15) is 6.92 Å². The molecule has 0 aliphatic heterocycles. The zero-order valence-corrected chi connectivity index (χ0v) is 10.1. The highest BCUT2D eigenvalue weighted by Crippen LogP contribution is 2.32. The number of hydrogen-bond donors (Lipinski definition) is 1. The van der Waals surface area contributed by atoms with E-state index in [1.165, 1.54) is 15.5 Å². The van der Waals surface area contributed by atoms with E-state index in [-0.39, 0.29) is 0 Å². The maximum Gasteiger partial charge on any atom is 0.0481 e. The zero-order chi connectivity index (χ0) is 11.2. The van der Waals surface area contributed by atoms with E-state index in [0.29, 0.717) is 0 Å². The van der Waals surface area contributed by atoms with E-state index in [1.807, 2.05) is 6.07 Å². The van der Waals surface area contributed by atoms with Crippen molar-refractivity contribution in [3.8, 4) is 0 Å². The molecule has 0 bridgehead atoms. The number of benzene rings is 2. The molecule has 0 aliphatic carbocycles. The Morgan fingerprint density at radius 1 is 0.938 bits per heavy atom. The molecule has 0 aromatic heterocycles. The molecule has 0 atom stereocenters. The normalized spacial score (nSPS) is 10.1. The van der Waals surface area contributed by atoms with Crippen LogP contribution in [0.5, 0.6) is 0 Å². The van der Waals surface area contributed by atoms with Gasteiger partial charge in [0.1, 0.15) is 0 Å². The lowest BCUT2D eigenvalue weighted by Crippen LogP contribution is -1.97. The molecule has 0 radical (unpaired) electrons. The monoisotopic (exact) mass is 229 g/mol. The Morgan fingerprint density at radius 3 is 2.38 bits per heavy atom. The van der Waals surface area contributed by atoms with Gasteiger partial charge in [-0.2, -0.15) is 0 Å². The lowest BCUT2D eigenvalue weighted by Gasteiger charge is -2.09. The number of anilines is 1. The van der Waals surface area contributed by atoms with Gasteiger partial charge in [-0.1, -0.05) is 42.1 Å². The Hall–Kier alpha value is -1.41. The van der Waals surface area contributed by atoms with Crippen molar-refractivity contribution in [1.29, 1.82) is 0 Å². The number of rotatable bonds is 4. The summed E-state index contributed by atoms with van der Waals surface area (Å²) >= 11 is 1.79. The van der Waals surface area contributed by atoms with E-state index in [4.69, 9.17) is 0 Å². The third kappa shape index (κ3) is 2.80. The molecule has 0 saturated carbocycles. The highest BCUT2D eigenvalue weighted by molar-refractivity contribution is 7.99. The van der Waals surface area contributed by atoms with Gasteiger partial charge in [0, 0.05) is 22.0 Å². The summed E-state index contributed by atoms with van der Waals surface area (Å²) in [7, 11) is 0. The SMILES string of the molecule is CCNc1ccccc1Sc1ccccc1. The van der Waals surface area contributed by atoms with Crippen LogP contribution in [-0.2, 0) is 0 Å². The molecule has 2 heteroatoms. The lowest BCUT2D eigenvalue weighted by atomic mass is 10.3. The van der Waals surface area contributed by atoms with Crippen molar-refractivity contribution in [2.45, 2.75) is 16.7 Å².